The summed E-state index contributed by atoms with van der Waals surface area (Å²) in [6, 6.07) is 7.26. The van der Waals surface area contributed by atoms with Crippen molar-refractivity contribution in [3.63, 3.8) is 0 Å². The Morgan fingerprint density at radius 1 is 1.12 bits per heavy atom. The van der Waals surface area contributed by atoms with E-state index in [1.807, 2.05) is 0 Å². The number of imide groups is 1. The summed E-state index contributed by atoms with van der Waals surface area (Å²) in [4.78, 5) is 31.0. The van der Waals surface area contributed by atoms with Crippen molar-refractivity contribution in [3.8, 4) is 11.4 Å². The number of benzene rings is 2. The van der Waals surface area contributed by atoms with Crippen molar-refractivity contribution in [1.29, 1.82) is 0 Å². The number of fused-ring (bicyclic) bond motifs is 1. The smallest absolute Gasteiger partial charge is 0.337 e. The van der Waals surface area contributed by atoms with E-state index in [4.69, 9.17) is 16.1 Å². The number of halogens is 4. The third-order valence-electron chi connectivity index (χ3n) is 5.48. The van der Waals surface area contributed by atoms with Crippen LogP contribution < -0.4 is 4.90 Å². The Morgan fingerprint density at radius 3 is 2.65 bits per heavy atom. The third kappa shape index (κ3) is 3.69. The lowest BCUT2D eigenvalue weighted by Gasteiger charge is -2.19. The van der Waals surface area contributed by atoms with Crippen molar-refractivity contribution >= 4 is 29.1 Å². The molecule has 0 spiro atoms. The first-order valence-electron chi connectivity index (χ1n) is 9.95. The monoisotopic (exact) mass is 490 g/mol. The predicted molar refractivity (Wildman–Crippen MR) is 111 cm³/mol. The van der Waals surface area contributed by atoms with Crippen molar-refractivity contribution in [3.05, 3.63) is 64.5 Å². The highest BCUT2D eigenvalue weighted by Gasteiger charge is 2.55. The van der Waals surface area contributed by atoms with E-state index in [2.05, 4.69) is 20.5 Å². The second-order valence-corrected chi connectivity index (χ2v) is 8.14. The first-order valence-corrected chi connectivity index (χ1v) is 10.3. The van der Waals surface area contributed by atoms with Gasteiger partial charge in [-0.25, -0.2) is 4.90 Å². The van der Waals surface area contributed by atoms with E-state index in [1.54, 1.807) is 19.1 Å². The summed E-state index contributed by atoms with van der Waals surface area (Å²) in [5, 5.41) is 13.2. The van der Waals surface area contributed by atoms with Gasteiger partial charge in [-0.2, -0.15) is 23.3 Å². The normalized spacial score (nSPS) is 19.9. The van der Waals surface area contributed by atoms with E-state index in [0.717, 1.165) is 22.6 Å². The van der Waals surface area contributed by atoms with E-state index < -0.39 is 35.6 Å². The zero-order valence-corrected chi connectivity index (χ0v) is 18.1. The maximum atomic E-state index is 13.1. The molecule has 0 bridgehead atoms. The number of alkyl halides is 3. The zero-order chi connectivity index (χ0) is 24.2. The van der Waals surface area contributed by atoms with Crippen molar-refractivity contribution in [2.45, 2.75) is 31.7 Å². The van der Waals surface area contributed by atoms with Gasteiger partial charge >= 0.3 is 6.18 Å². The fourth-order valence-corrected chi connectivity index (χ4v) is 3.91. The molecule has 2 aliphatic heterocycles. The van der Waals surface area contributed by atoms with Crippen LogP contribution in [0.3, 0.4) is 0 Å². The Hall–Kier alpha value is -3.80. The summed E-state index contributed by atoms with van der Waals surface area (Å²) in [6.45, 7) is 1.63. The highest BCUT2D eigenvalue weighted by Crippen LogP contribution is 2.35. The Bertz CT molecular complexity index is 1340. The minimum Gasteiger partial charge on any atom is -0.337 e. The van der Waals surface area contributed by atoms with E-state index in [-0.39, 0.29) is 23.8 Å². The lowest BCUT2D eigenvalue weighted by Crippen LogP contribution is -2.39. The van der Waals surface area contributed by atoms with Crippen molar-refractivity contribution < 1.29 is 27.3 Å². The number of aromatic nitrogens is 2. The summed E-state index contributed by atoms with van der Waals surface area (Å²) in [5.41, 5.74) is 0.373. The molecule has 0 N–H and O–H groups in total. The number of hydrogen-bond donors (Lipinski definition) is 0. The van der Waals surface area contributed by atoms with Gasteiger partial charge in [-0.15, -0.1) is 0 Å². The largest absolute Gasteiger partial charge is 0.416 e. The van der Waals surface area contributed by atoms with E-state index in [0.29, 0.717) is 10.7 Å². The Morgan fingerprint density at radius 2 is 1.91 bits per heavy atom. The van der Waals surface area contributed by atoms with Crippen LogP contribution in [0.25, 0.3) is 11.4 Å². The number of carbonyl (C=O) groups excluding carboxylic acids is 2. The highest BCUT2D eigenvalue weighted by atomic mass is 35.5. The zero-order valence-electron chi connectivity index (χ0n) is 17.3. The maximum Gasteiger partial charge on any atom is 0.416 e. The van der Waals surface area contributed by atoms with Gasteiger partial charge in [-0.1, -0.05) is 40.2 Å². The second-order valence-electron chi connectivity index (χ2n) is 7.73. The molecule has 174 valence electrons. The Kier molecular flexibility index (Phi) is 5.12. The average molecular weight is 491 g/mol. The van der Waals surface area contributed by atoms with Crippen LogP contribution in [0, 0.1) is 6.92 Å². The first-order chi connectivity index (χ1) is 16.1. The van der Waals surface area contributed by atoms with E-state index in [9.17, 15) is 22.8 Å². The van der Waals surface area contributed by atoms with Crippen LogP contribution in [0.5, 0.6) is 0 Å². The van der Waals surface area contributed by atoms with Crippen molar-refractivity contribution in [2.24, 2.45) is 10.3 Å². The molecule has 2 atom stereocenters. The van der Waals surface area contributed by atoms with Crippen molar-refractivity contribution in [1.82, 2.24) is 15.1 Å². The van der Waals surface area contributed by atoms with Gasteiger partial charge < -0.3 is 4.52 Å². The standard InChI is InChI=1S/C21H14ClF3N6O3/c1-10-5-6-13(8-14(10)22)31-19(32)16-17(20(31)33)30(29-27-16)9-15-26-18(28-34-15)11-3-2-4-12(7-11)21(23,24)25/h2-8,16-17H,9H2,1H3/t16-,17-/m0/s1. The van der Waals surface area contributed by atoms with Gasteiger partial charge in [0.05, 0.1) is 11.3 Å². The van der Waals surface area contributed by atoms with Gasteiger partial charge in [0, 0.05) is 10.6 Å². The molecule has 1 saturated heterocycles. The molecule has 13 heteroatoms. The molecular formula is C21H14ClF3N6O3. The summed E-state index contributed by atoms with van der Waals surface area (Å²) < 4.78 is 44.1. The Balaban J connectivity index is 1.36. The second kappa shape index (κ2) is 7.90. The van der Waals surface area contributed by atoms with Gasteiger partial charge in [0.15, 0.2) is 12.1 Å². The summed E-state index contributed by atoms with van der Waals surface area (Å²) in [7, 11) is 0. The van der Waals surface area contributed by atoms with Gasteiger partial charge in [0.1, 0.15) is 6.54 Å². The minimum atomic E-state index is -4.52. The number of rotatable bonds is 4. The number of anilines is 1. The summed E-state index contributed by atoms with van der Waals surface area (Å²) in [6.07, 6.45) is -4.52. The molecule has 1 aromatic heterocycles. The molecule has 2 amide bonds. The Labute approximate surface area is 194 Å². The topological polar surface area (TPSA) is 104 Å². The fraction of sp³-hybridized carbons (Fsp3) is 0.238. The number of hydrogen-bond acceptors (Lipinski definition) is 8. The van der Waals surface area contributed by atoms with Crippen LogP contribution in [0.2, 0.25) is 5.02 Å². The van der Waals surface area contributed by atoms with Crippen LogP contribution in [0.1, 0.15) is 17.0 Å². The summed E-state index contributed by atoms with van der Waals surface area (Å²) in [5.74, 6) is -1.16. The maximum absolute atomic E-state index is 13.1. The molecule has 2 aromatic carbocycles. The number of aryl methyl sites for hydroxylation is 1. The minimum absolute atomic E-state index is 0.0101. The van der Waals surface area contributed by atoms with Crippen LogP contribution in [0.15, 0.2) is 57.3 Å². The lowest BCUT2D eigenvalue weighted by atomic mass is 10.1. The number of amides is 2. The molecule has 0 saturated carbocycles. The predicted octanol–water partition coefficient (Wildman–Crippen LogP) is 4.21. The molecule has 1 fully saturated rings. The first kappa shape index (κ1) is 22.0. The molecular weight excluding hydrogens is 477 g/mol. The van der Waals surface area contributed by atoms with Crippen LogP contribution in [-0.2, 0) is 22.3 Å². The quantitative estimate of drug-likeness (QED) is 0.507. The lowest BCUT2D eigenvalue weighted by molar-refractivity contribution is -0.137. The molecule has 3 aromatic rings. The van der Waals surface area contributed by atoms with E-state index in [1.165, 1.54) is 23.2 Å². The van der Waals surface area contributed by atoms with Gasteiger partial charge in [-0.3, -0.25) is 14.6 Å². The third-order valence-corrected chi connectivity index (χ3v) is 5.89. The molecule has 5 rings (SSSR count). The average Bonchev–Trinajstić information content (AvgIpc) is 3.48. The van der Waals surface area contributed by atoms with Gasteiger partial charge in [-0.05, 0) is 36.8 Å². The molecule has 9 nitrogen and oxygen atoms in total. The highest BCUT2D eigenvalue weighted by molar-refractivity contribution is 6.32. The molecule has 0 radical (unpaired) electrons. The van der Waals surface area contributed by atoms with Crippen LogP contribution in [-0.4, -0.2) is 39.0 Å². The number of nitrogens with zero attached hydrogens (tertiary/aromatic N) is 6. The molecule has 34 heavy (non-hydrogen) atoms. The van der Waals surface area contributed by atoms with Gasteiger partial charge in [0.2, 0.25) is 11.7 Å². The SMILES string of the molecule is Cc1ccc(N2C(=O)[C@H]3N=NN(Cc4nc(-c5cccc(C(F)(F)F)c5)no4)[C@@H]3C2=O)cc1Cl. The molecule has 0 unspecified atom stereocenters. The molecule has 3 heterocycles. The summed E-state index contributed by atoms with van der Waals surface area (Å²) >= 11 is 6.14. The van der Waals surface area contributed by atoms with Crippen LogP contribution >= 0.6 is 11.6 Å². The van der Waals surface area contributed by atoms with Gasteiger partial charge in [0.25, 0.3) is 11.8 Å². The molecule has 2 aliphatic rings. The fourth-order valence-electron chi connectivity index (χ4n) is 3.74. The van der Waals surface area contributed by atoms with Crippen molar-refractivity contribution in [2.75, 3.05) is 4.90 Å². The number of carbonyl (C=O) groups is 2. The van der Waals surface area contributed by atoms with E-state index >= 15 is 0 Å². The van der Waals surface area contributed by atoms with Crippen LogP contribution in [0.4, 0.5) is 18.9 Å². The molecule has 0 aliphatic carbocycles.